The lowest BCUT2D eigenvalue weighted by molar-refractivity contribution is -0.117. The van der Waals surface area contributed by atoms with Crippen molar-refractivity contribution in [1.82, 2.24) is 0 Å². The first-order valence-corrected chi connectivity index (χ1v) is 8.66. The smallest absolute Gasteiger partial charge is 0.344 e. The number of fused-ring (bicyclic) bond motifs is 2. The van der Waals surface area contributed by atoms with Gasteiger partial charge in [0.2, 0.25) is 0 Å². The van der Waals surface area contributed by atoms with Crippen molar-refractivity contribution in [2.45, 2.75) is 19.8 Å². The highest BCUT2D eigenvalue weighted by atomic mass is 16.4. The van der Waals surface area contributed by atoms with Crippen LogP contribution < -0.4 is 11.3 Å². The lowest BCUT2D eigenvalue weighted by Crippen LogP contribution is -2.21. The van der Waals surface area contributed by atoms with Crippen molar-refractivity contribution >= 4 is 27.7 Å². The molecule has 0 aliphatic heterocycles. The number of hydrogen-bond acceptors (Lipinski definition) is 6. The number of Topliss-reactive ketones (excluding diaryl/α,β-unsaturated/α-hetero) is 1. The van der Waals surface area contributed by atoms with Gasteiger partial charge in [-0.25, -0.2) is 9.59 Å². The summed E-state index contributed by atoms with van der Waals surface area (Å²) >= 11 is 0. The van der Waals surface area contributed by atoms with Gasteiger partial charge in [-0.1, -0.05) is 24.3 Å². The number of rotatable bonds is 3. The van der Waals surface area contributed by atoms with Gasteiger partial charge in [0, 0.05) is 11.5 Å². The number of hydrogen-bond donors (Lipinski definition) is 1. The Morgan fingerprint density at radius 2 is 1.71 bits per heavy atom. The van der Waals surface area contributed by atoms with Gasteiger partial charge in [0.05, 0.1) is 16.9 Å². The van der Waals surface area contributed by atoms with Crippen LogP contribution >= 0.6 is 0 Å². The maximum absolute atomic E-state index is 12.7. The number of carbonyl (C=O) groups is 1. The van der Waals surface area contributed by atoms with Crippen molar-refractivity contribution in [3.63, 3.8) is 0 Å². The molecular weight excluding hydrogens is 360 g/mol. The molecule has 0 fully saturated rings. The summed E-state index contributed by atoms with van der Waals surface area (Å²) in [5, 5.41) is 11.6. The van der Waals surface area contributed by atoms with Gasteiger partial charge < -0.3 is 13.9 Å². The molecule has 0 aliphatic rings. The molecule has 28 heavy (non-hydrogen) atoms. The molecule has 1 atom stereocenters. The minimum atomic E-state index is -1.17. The summed E-state index contributed by atoms with van der Waals surface area (Å²) in [7, 11) is 0. The van der Waals surface area contributed by atoms with E-state index in [1.165, 1.54) is 13.0 Å². The third-order valence-corrected chi connectivity index (χ3v) is 4.76. The van der Waals surface area contributed by atoms with Crippen LogP contribution in [-0.4, -0.2) is 10.9 Å². The molecule has 6 nitrogen and oxygen atoms in total. The van der Waals surface area contributed by atoms with E-state index in [0.717, 1.165) is 5.56 Å². The summed E-state index contributed by atoms with van der Waals surface area (Å²) in [5.41, 5.74) is 0.00648. The van der Waals surface area contributed by atoms with Gasteiger partial charge in [0.1, 0.15) is 22.7 Å². The van der Waals surface area contributed by atoms with E-state index < -0.39 is 23.0 Å². The summed E-state index contributed by atoms with van der Waals surface area (Å²) in [4.78, 5) is 37.4. The van der Waals surface area contributed by atoms with Crippen LogP contribution in [0.3, 0.4) is 0 Å². The van der Waals surface area contributed by atoms with E-state index in [1.807, 2.05) is 13.0 Å². The van der Waals surface area contributed by atoms with Crippen LogP contribution in [0.15, 0.2) is 67.0 Å². The summed E-state index contributed by atoms with van der Waals surface area (Å²) < 4.78 is 10.6. The third kappa shape index (κ3) is 2.79. The number of ketones is 1. The minimum Gasteiger partial charge on any atom is -0.507 e. The molecule has 2 aromatic heterocycles. The van der Waals surface area contributed by atoms with Crippen LogP contribution in [0.5, 0.6) is 5.75 Å². The van der Waals surface area contributed by atoms with E-state index in [9.17, 15) is 19.5 Å². The molecule has 6 heteroatoms. The van der Waals surface area contributed by atoms with Crippen molar-refractivity contribution in [2.24, 2.45) is 0 Å². The molecule has 4 aromatic rings. The average molecular weight is 376 g/mol. The van der Waals surface area contributed by atoms with Gasteiger partial charge in [-0.3, -0.25) is 4.79 Å². The molecule has 0 saturated carbocycles. The zero-order valence-electron chi connectivity index (χ0n) is 15.2. The molecule has 0 bridgehead atoms. The number of aromatic hydroxyl groups is 1. The number of para-hydroxylation sites is 1. The molecular formula is C22H16O6. The fraction of sp³-hybridized carbons (Fsp3) is 0.136. The topological polar surface area (TPSA) is 97.7 Å². The second kappa shape index (κ2) is 6.49. The van der Waals surface area contributed by atoms with Crippen molar-refractivity contribution in [2.75, 3.05) is 0 Å². The Balaban J connectivity index is 2.10. The van der Waals surface area contributed by atoms with Gasteiger partial charge in [0.25, 0.3) is 0 Å². The first-order chi connectivity index (χ1) is 13.4. The number of carbonyl (C=O) groups excluding carboxylic acids is 1. The predicted molar refractivity (Wildman–Crippen MR) is 104 cm³/mol. The van der Waals surface area contributed by atoms with Gasteiger partial charge in [-0.2, -0.15) is 0 Å². The molecule has 4 rings (SSSR count). The van der Waals surface area contributed by atoms with Crippen LogP contribution in [0, 0.1) is 6.92 Å². The Bertz CT molecular complexity index is 1360. The molecule has 0 radical (unpaired) electrons. The van der Waals surface area contributed by atoms with E-state index in [-0.39, 0.29) is 22.5 Å². The highest BCUT2D eigenvalue weighted by Crippen LogP contribution is 2.36. The molecule has 1 N–H and O–H groups in total. The SMILES string of the molecule is CC(=O)C(c1c(O)c2ccccc2oc1=O)c1cc(=O)oc2cc(C)ccc12. The maximum atomic E-state index is 12.7. The molecule has 2 heterocycles. The lowest BCUT2D eigenvalue weighted by atomic mass is 9.86. The molecule has 0 amide bonds. The Hall–Kier alpha value is -3.67. The fourth-order valence-electron chi connectivity index (χ4n) is 3.51. The molecule has 0 saturated heterocycles. The van der Waals surface area contributed by atoms with Crippen LogP contribution in [-0.2, 0) is 4.79 Å². The summed E-state index contributed by atoms with van der Waals surface area (Å²) in [6.07, 6.45) is 0. The van der Waals surface area contributed by atoms with Crippen LogP contribution in [0.1, 0.15) is 29.5 Å². The highest BCUT2D eigenvalue weighted by molar-refractivity contribution is 5.95. The van der Waals surface area contributed by atoms with E-state index >= 15 is 0 Å². The Morgan fingerprint density at radius 1 is 0.964 bits per heavy atom. The van der Waals surface area contributed by atoms with Gasteiger partial charge in [0.15, 0.2) is 0 Å². The van der Waals surface area contributed by atoms with Crippen molar-refractivity contribution < 1.29 is 18.7 Å². The second-order valence-corrected chi connectivity index (χ2v) is 6.71. The fourth-order valence-corrected chi connectivity index (χ4v) is 3.51. The Labute approximate surface area is 158 Å². The molecule has 0 spiro atoms. The van der Waals surface area contributed by atoms with Crippen molar-refractivity contribution in [3.05, 3.63) is 86.1 Å². The van der Waals surface area contributed by atoms with Crippen LogP contribution in [0.2, 0.25) is 0 Å². The van der Waals surface area contributed by atoms with Crippen LogP contribution in [0.25, 0.3) is 21.9 Å². The molecule has 1 unspecified atom stereocenters. The maximum Gasteiger partial charge on any atom is 0.344 e. The number of aryl methyl sites for hydroxylation is 1. The Morgan fingerprint density at radius 3 is 2.46 bits per heavy atom. The first kappa shape index (κ1) is 17.7. The predicted octanol–water partition coefficient (Wildman–Crippen LogP) is 3.63. The largest absolute Gasteiger partial charge is 0.507 e. The normalized spacial score (nSPS) is 12.4. The highest BCUT2D eigenvalue weighted by Gasteiger charge is 2.30. The van der Waals surface area contributed by atoms with Crippen LogP contribution in [0.4, 0.5) is 0 Å². The van der Waals surface area contributed by atoms with E-state index in [4.69, 9.17) is 8.83 Å². The number of benzene rings is 2. The summed E-state index contributed by atoms with van der Waals surface area (Å²) in [6, 6.07) is 12.9. The molecule has 2 aromatic carbocycles. The van der Waals surface area contributed by atoms with Gasteiger partial charge in [-0.05, 0) is 43.2 Å². The lowest BCUT2D eigenvalue weighted by Gasteiger charge is -2.17. The van der Waals surface area contributed by atoms with E-state index in [0.29, 0.717) is 16.4 Å². The van der Waals surface area contributed by atoms with E-state index in [2.05, 4.69) is 0 Å². The van der Waals surface area contributed by atoms with Crippen molar-refractivity contribution in [1.29, 1.82) is 0 Å². The quantitative estimate of drug-likeness (QED) is 0.548. The van der Waals surface area contributed by atoms with E-state index in [1.54, 1.807) is 36.4 Å². The standard InChI is InChI=1S/C22H16O6/c1-11-7-8-13-15(10-18(24)27-17(13)9-11)19(12(2)23)20-21(25)14-5-3-4-6-16(14)28-22(20)26/h3-10,19,25H,1-2H3. The Kier molecular flexibility index (Phi) is 4.11. The average Bonchev–Trinajstić information content (AvgIpc) is 2.63. The minimum absolute atomic E-state index is 0.196. The zero-order valence-corrected chi connectivity index (χ0v) is 15.2. The monoisotopic (exact) mass is 376 g/mol. The third-order valence-electron chi connectivity index (χ3n) is 4.76. The second-order valence-electron chi connectivity index (χ2n) is 6.71. The summed E-state index contributed by atoms with van der Waals surface area (Å²) in [5.74, 6) is -1.92. The molecule has 140 valence electrons. The first-order valence-electron chi connectivity index (χ1n) is 8.66. The zero-order chi connectivity index (χ0) is 20.0. The van der Waals surface area contributed by atoms with Gasteiger partial charge >= 0.3 is 11.3 Å². The van der Waals surface area contributed by atoms with Crippen molar-refractivity contribution in [3.8, 4) is 5.75 Å². The summed E-state index contributed by atoms with van der Waals surface area (Å²) in [6.45, 7) is 3.14. The molecule has 0 aliphatic carbocycles. The van der Waals surface area contributed by atoms with Gasteiger partial charge in [-0.15, -0.1) is 0 Å².